The second-order valence-electron chi connectivity index (χ2n) is 3.95. The number of hydrogen-bond acceptors (Lipinski definition) is 4. The Labute approximate surface area is 95.2 Å². The first-order valence-corrected chi connectivity index (χ1v) is 5.45. The molecule has 1 aromatic rings. The van der Waals surface area contributed by atoms with Crippen molar-refractivity contribution in [3.63, 3.8) is 0 Å². The van der Waals surface area contributed by atoms with Crippen molar-refractivity contribution in [3.8, 4) is 0 Å². The van der Waals surface area contributed by atoms with E-state index in [1.54, 1.807) is 12.1 Å². The van der Waals surface area contributed by atoms with E-state index in [1.807, 2.05) is 0 Å². The molecule has 0 saturated heterocycles. The van der Waals surface area contributed by atoms with Gasteiger partial charge in [0.1, 0.15) is 5.82 Å². The van der Waals surface area contributed by atoms with Gasteiger partial charge in [-0.3, -0.25) is 0 Å². The zero-order valence-electron chi connectivity index (χ0n) is 9.07. The van der Waals surface area contributed by atoms with E-state index in [-0.39, 0.29) is 6.04 Å². The number of rotatable bonds is 5. The number of halogens is 1. The van der Waals surface area contributed by atoms with Gasteiger partial charge in [-0.1, -0.05) is 25.4 Å². The van der Waals surface area contributed by atoms with Crippen molar-refractivity contribution in [2.75, 3.05) is 11.9 Å². The van der Waals surface area contributed by atoms with Gasteiger partial charge in [0.25, 0.3) is 0 Å². The first kappa shape index (κ1) is 12.2. The number of aromatic nitrogens is 2. The normalized spacial score (nSPS) is 12.9. The summed E-state index contributed by atoms with van der Waals surface area (Å²) in [4.78, 5) is 0. The fourth-order valence-corrected chi connectivity index (χ4v) is 1.49. The van der Waals surface area contributed by atoms with Crippen LogP contribution in [0.25, 0.3) is 0 Å². The number of hydrogen-bond donors (Lipinski definition) is 2. The Morgan fingerprint density at radius 1 is 1.40 bits per heavy atom. The topological polar surface area (TPSA) is 63.8 Å². The third-order valence-corrected chi connectivity index (χ3v) is 2.23. The van der Waals surface area contributed by atoms with E-state index < -0.39 is 0 Å². The van der Waals surface area contributed by atoms with Crippen molar-refractivity contribution in [1.82, 2.24) is 10.2 Å². The minimum absolute atomic E-state index is 0.237. The van der Waals surface area contributed by atoms with Gasteiger partial charge in [-0.15, -0.1) is 10.2 Å². The van der Waals surface area contributed by atoms with Crippen LogP contribution in [-0.4, -0.2) is 22.8 Å². The zero-order valence-corrected chi connectivity index (χ0v) is 9.83. The molecule has 0 spiro atoms. The molecule has 3 N–H and O–H groups in total. The monoisotopic (exact) mass is 228 g/mol. The molecule has 0 fully saturated rings. The van der Waals surface area contributed by atoms with Crippen molar-refractivity contribution < 1.29 is 0 Å². The average molecular weight is 229 g/mol. The van der Waals surface area contributed by atoms with Gasteiger partial charge in [-0.2, -0.15) is 0 Å². The van der Waals surface area contributed by atoms with Crippen LogP contribution >= 0.6 is 11.6 Å². The van der Waals surface area contributed by atoms with Crippen molar-refractivity contribution >= 4 is 17.4 Å². The number of anilines is 1. The Morgan fingerprint density at radius 2 is 2.13 bits per heavy atom. The molecule has 0 aliphatic rings. The minimum atomic E-state index is 0.237. The van der Waals surface area contributed by atoms with Crippen molar-refractivity contribution in [2.24, 2.45) is 11.7 Å². The fraction of sp³-hybridized carbons (Fsp3) is 0.600. The molecule has 15 heavy (non-hydrogen) atoms. The Morgan fingerprint density at radius 3 is 2.60 bits per heavy atom. The Kier molecular flexibility index (Phi) is 4.78. The third-order valence-electron chi connectivity index (χ3n) is 2.02. The van der Waals surface area contributed by atoms with Gasteiger partial charge in [0.2, 0.25) is 0 Å². The summed E-state index contributed by atoms with van der Waals surface area (Å²) in [6, 6.07) is 3.75. The Hall–Kier alpha value is -0.870. The average Bonchev–Trinajstić information content (AvgIpc) is 2.19. The maximum Gasteiger partial charge on any atom is 0.151 e. The molecule has 1 aromatic heterocycles. The molecule has 0 bridgehead atoms. The molecule has 5 heteroatoms. The van der Waals surface area contributed by atoms with Gasteiger partial charge in [0.05, 0.1) is 0 Å². The van der Waals surface area contributed by atoms with Crippen LogP contribution in [0.5, 0.6) is 0 Å². The van der Waals surface area contributed by atoms with E-state index in [2.05, 4.69) is 29.4 Å². The highest BCUT2D eigenvalue weighted by Gasteiger charge is 2.09. The summed E-state index contributed by atoms with van der Waals surface area (Å²) >= 11 is 5.64. The highest BCUT2D eigenvalue weighted by molar-refractivity contribution is 6.29. The molecule has 1 heterocycles. The number of nitrogens with one attached hydrogen (secondary N) is 1. The lowest BCUT2D eigenvalue weighted by atomic mass is 10.0. The lowest BCUT2D eigenvalue weighted by Gasteiger charge is -2.18. The molecule has 1 atom stereocenters. The van der Waals surface area contributed by atoms with Gasteiger partial charge in [0, 0.05) is 12.6 Å². The third kappa shape index (κ3) is 4.44. The van der Waals surface area contributed by atoms with E-state index in [0.29, 0.717) is 17.6 Å². The molecule has 4 nitrogen and oxygen atoms in total. The second kappa shape index (κ2) is 5.88. The van der Waals surface area contributed by atoms with Gasteiger partial charge < -0.3 is 11.1 Å². The van der Waals surface area contributed by atoms with Crippen LogP contribution in [0, 0.1) is 5.92 Å². The summed E-state index contributed by atoms with van der Waals surface area (Å²) in [6.45, 7) is 4.91. The van der Waals surface area contributed by atoms with E-state index in [9.17, 15) is 0 Å². The SMILES string of the molecule is CC(C)CC(CN)Nc1ccc(Cl)nn1. The van der Waals surface area contributed by atoms with Crippen LogP contribution in [0.4, 0.5) is 5.82 Å². The number of nitrogens with zero attached hydrogens (tertiary/aromatic N) is 2. The molecule has 0 saturated carbocycles. The van der Waals surface area contributed by atoms with Crippen molar-refractivity contribution in [1.29, 1.82) is 0 Å². The van der Waals surface area contributed by atoms with Crippen LogP contribution in [0.1, 0.15) is 20.3 Å². The van der Waals surface area contributed by atoms with Crippen LogP contribution in [0.3, 0.4) is 0 Å². The molecule has 1 unspecified atom stereocenters. The maximum absolute atomic E-state index is 5.66. The molecule has 0 aromatic carbocycles. The predicted octanol–water partition coefficient (Wildman–Crippen LogP) is 1.92. The summed E-state index contributed by atoms with van der Waals surface area (Å²) in [6.07, 6.45) is 1.01. The number of nitrogens with two attached hydrogens (primary N) is 1. The molecular weight excluding hydrogens is 212 g/mol. The predicted molar refractivity (Wildman–Crippen MR) is 63.0 cm³/mol. The van der Waals surface area contributed by atoms with Crippen molar-refractivity contribution in [2.45, 2.75) is 26.3 Å². The van der Waals surface area contributed by atoms with Crippen LogP contribution in [-0.2, 0) is 0 Å². The van der Waals surface area contributed by atoms with E-state index >= 15 is 0 Å². The van der Waals surface area contributed by atoms with Crippen LogP contribution < -0.4 is 11.1 Å². The lowest BCUT2D eigenvalue weighted by molar-refractivity contribution is 0.520. The van der Waals surface area contributed by atoms with Gasteiger partial charge in [-0.25, -0.2) is 0 Å². The van der Waals surface area contributed by atoms with E-state index in [0.717, 1.165) is 12.2 Å². The Balaban J connectivity index is 2.54. The summed E-state index contributed by atoms with van der Waals surface area (Å²) in [5, 5.41) is 11.3. The molecule has 0 aliphatic carbocycles. The molecule has 0 amide bonds. The zero-order chi connectivity index (χ0) is 11.3. The first-order chi connectivity index (χ1) is 7.11. The molecule has 1 rings (SSSR count). The minimum Gasteiger partial charge on any atom is -0.365 e. The maximum atomic E-state index is 5.66. The summed E-state index contributed by atoms with van der Waals surface area (Å²) < 4.78 is 0. The largest absolute Gasteiger partial charge is 0.365 e. The highest BCUT2D eigenvalue weighted by atomic mass is 35.5. The highest BCUT2D eigenvalue weighted by Crippen LogP contribution is 2.11. The van der Waals surface area contributed by atoms with Crippen LogP contribution in [0.2, 0.25) is 5.15 Å². The van der Waals surface area contributed by atoms with Gasteiger partial charge in [-0.05, 0) is 24.5 Å². The Bertz CT molecular complexity index is 286. The molecule has 0 aliphatic heterocycles. The van der Waals surface area contributed by atoms with Gasteiger partial charge >= 0.3 is 0 Å². The van der Waals surface area contributed by atoms with E-state index in [1.165, 1.54) is 0 Å². The first-order valence-electron chi connectivity index (χ1n) is 5.07. The van der Waals surface area contributed by atoms with E-state index in [4.69, 9.17) is 17.3 Å². The molecular formula is C10H17ClN4. The van der Waals surface area contributed by atoms with Gasteiger partial charge in [0.15, 0.2) is 5.15 Å². The summed E-state index contributed by atoms with van der Waals surface area (Å²) in [7, 11) is 0. The van der Waals surface area contributed by atoms with Crippen LogP contribution in [0.15, 0.2) is 12.1 Å². The summed E-state index contributed by atoms with van der Waals surface area (Å²) in [5.74, 6) is 1.32. The molecule has 0 radical (unpaired) electrons. The smallest absolute Gasteiger partial charge is 0.151 e. The summed E-state index contributed by atoms with van der Waals surface area (Å²) in [5.41, 5.74) is 5.66. The lowest BCUT2D eigenvalue weighted by Crippen LogP contribution is -2.30. The fourth-order valence-electron chi connectivity index (χ4n) is 1.39. The molecule has 84 valence electrons. The van der Waals surface area contributed by atoms with Crippen molar-refractivity contribution in [3.05, 3.63) is 17.3 Å². The quantitative estimate of drug-likeness (QED) is 0.808. The second-order valence-corrected chi connectivity index (χ2v) is 4.34. The standard InChI is InChI=1S/C10H17ClN4/c1-7(2)5-8(6-12)13-10-4-3-9(11)14-15-10/h3-4,7-8H,5-6,12H2,1-2H3,(H,13,15).